The molecule has 31 heavy (non-hydrogen) atoms. The number of carbonyl (C=O) groups is 1. The quantitative estimate of drug-likeness (QED) is 0.450. The topological polar surface area (TPSA) is 104 Å². The largest absolute Gasteiger partial charge is 0.465 e. The molecular formula is C22H19N3O5S. The third-order valence-electron chi connectivity index (χ3n) is 5.44. The van der Waals surface area contributed by atoms with Gasteiger partial charge >= 0.3 is 5.97 Å². The van der Waals surface area contributed by atoms with Crippen molar-refractivity contribution in [1.82, 2.24) is 14.8 Å². The Kier molecular flexibility index (Phi) is 4.62. The van der Waals surface area contributed by atoms with Crippen LogP contribution in [0.15, 0.2) is 59.2 Å². The predicted molar refractivity (Wildman–Crippen MR) is 114 cm³/mol. The Morgan fingerprint density at radius 2 is 2.00 bits per heavy atom. The molecule has 0 unspecified atom stereocenters. The lowest BCUT2D eigenvalue weighted by Crippen LogP contribution is -2.13. The van der Waals surface area contributed by atoms with E-state index in [2.05, 4.69) is 0 Å². The van der Waals surface area contributed by atoms with Gasteiger partial charge in [-0.2, -0.15) is 5.10 Å². The lowest BCUT2D eigenvalue weighted by atomic mass is 10.0. The average Bonchev–Trinajstić information content (AvgIpc) is 3.51. The van der Waals surface area contributed by atoms with Crippen molar-refractivity contribution in [3.63, 3.8) is 0 Å². The molecule has 0 bridgehead atoms. The number of nitrogens with zero attached hydrogens (tertiary/aromatic N) is 3. The highest BCUT2D eigenvalue weighted by Gasteiger charge is 2.33. The summed E-state index contributed by atoms with van der Waals surface area (Å²) in [5, 5.41) is 5.28. The summed E-state index contributed by atoms with van der Waals surface area (Å²) in [6.07, 6.45) is 1.96. The second-order valence-electron chi connectivity index (χ2n) is 7.44. The third kappa shape index (κ3) is 3.40. The second-order valence-corrected chi connectivity index (χ2v) is 9.67. The first kappa shape index (κ1) is 19.5. The van der Waals surface area contributed by atoms with E-state index in [1.54, 1.807) is 22.9 Å². The van der Waals surface area contributed by atoms with Gasteiger partial charge in [-0.25, -0.2) is 22.9 Å². The fourth-order valence-electron chi connectivity index (χ4n) is 3.98. The Morgan fingerprint density at radius 1 is 1.19 bits per heavy atom. The number of rotatable bonds is 4. The number of esters is 1. The summed E-state index contributed by atoms with van der Waals surface area (Å²) >= 11 is 0. The summed E-state index contributed by atoms with van der Waals surface area (Å²) in [4.78, 5) is 17.5. The van der Waals surface area contributed by atoms with Crippen LogP contribution in [0.5, 0.6) is 0 Å². The summed E-state index contributed by atoms with van der Waals surface area (Å²) in [5.41, 5.74) is 2.52. The molecule has 0 saturated carbocycles. The lowest BCUT2D eigenvalue weighted by molar-refractivity contribution is 0.0603. The molecule has 0 radical (unpaired) electrons. The van der Waals surface area contributed by atoms with Gasteiger partial charge in [-0.3, -0.25) is 0 Å². The van der Waals surface area contributed by atoms with Crippen molar-refractivity contribution < 1.29 is 22.4 Å². The molecule has 0 amide bonds. The standard InChI is InChI=1S/C22H19N3O5S/c1-29-22(26)16-12-17(18-8-5-10-30-18)23-21-19(16)20(14-6-3-2-4-7-14)24-25(21)15-9-11-31(27,28)13-15/h2-8,10,12,15H,9,11,13H2,1H3/t15-/m1/s1. The fourth-order valence-corrected chi connectivity index (χ4v) is 5.67. The molecule has 1 aliphatic heterocycles. The van der Waals surface area contributed by atoms with Gasteiger partial charge in [-0.05, 0) is 24.6 Å². The third-order valence-corrected chi connectivity index (χ3v) is 7.19. The van der Waals surface area contributed by atoms with E-state index >= 15 is 0 Å². The van der Waals surface area contributed by atoms with Crippen LogP contribution in [0.25, 0.3) is 33.7 Å². The molecule has 1 aromatic carbocycles. The van der Waals surface area contributed by atoms with Crippen molar-refractivity contribution in [3.05, 3.63) is 60.4 Å². The molecule has 9 heteroatoms. The van der Waals surface area contributed by atoms with E-state index in [9.17, 15) is 13.2 Å². The van der Waals surface area contributed by atoms with Gasteiger partial charge in [0.2, 0.25) is 0 Å². The normalized spacial score (nSPS) is 17.8. The number of carbonyl (C=O) groups excluding carboxylic acids is 1. The van der Waals surface area contributed by atoms with Crippen molar-refractivity contribution in [2.75, 3.05) is 18.6 Å². The van der Waals surface area contributed by atoms with E-state index in [0.29, 0.717) is 40.2 Å². The molecule has 5 rings (SSSR count). The fraction of sp³-hybridized carbons (Fsp3) is 0.227. The molecule has 4 aromatic rings. The van der Waals surface area contributed by atoms with Crippen LogP contribution in [-0.4, -0.2) is 47.8 Å². The summed E-state index contributed by atoms with van der Waals surface area (Å²) < 4.78 is 36.5. The highest BCUT2D eigenvalue weighted by Crippen LogP contribution is 2.36. The molecule has 1 fully saturated rings. The van der Waals surface area contributed by atoms with E-state index in [4.69, 9.17) is 19.2 Å². The molecule has 3 aromatic heterocycles. The Labute approximate surface area is 178 Å². The zero-order valence-electron chi connectivity index (χ0n) is 16.7. The Morgan fingerprint density at radius 3 is 2.65 bits per heavy atom. The maximum Gasteiger partial charge on any atom is 0.338 e. The number of pyridine rings is 1. The molecular weight excluding hydrogens is 418 g/mol. The highest BCUT2D eigenvalue weighted by molar-refractivity contribution is 7.91. The van der Waals surface area contributed by atoms with Crippen LogP contribution < -0.4 is 0 Å². The van der Waals surface area contributed by atoms with Crippen LogP contribution in [0.2, 0.25) is 0 Å². The molecule has 8 nitrogen and oxygen atoms in total. The smallest absolute Gasteiger partial charge is 0.338 e. The van der Waals surface area contributed by atoms with E-state index < -0.39 is 15.8 Å². The molecule has 0 spiro atoms. The van der Waals surface area contributed by atoms with Crippen LogP contribution in [0, 0.1) is 0 Å². The SMILES string of the molecule is COC(=O)c1cc(-c2ccco2)nc2c1c(-c1ccccc1)nn2[C@@H]1CCS(=O)(=O)C1. The zero-order chi connectivity index (χ0) is 21.6. The highest BCUT2D eigenvalue weighted by atomic mass is 32.2. The minimum Gasteiger partial charge on any atom is -0.465 e. The Balaban J connectivity index is 1.84. The van der Waals surface area contributed by atoms with Crippen molar-refractivity contribution in [1.29, 1.82) is 0 Å². The van der Waals surface area contributed by atoms with Gasteiger partial charge in [-0.1, -0.05) is 30.3 Å². The van der Waals surface area contributed by atoms with Crippen LogP contribution in [0.4, 0.5) is 0 Å². The van der Waals surface area contributed by atoms with Gasteiger partial charge in [0.1, 0.15) is 11.4 Å². The summed E-state index contributed by atoms with van der Waals surface area (Å²) in [6, 6.07) is 14.2. The number of aromatic nitrogens is 3. The first-order chi connectivity index (χ1) is 15.0. The van der Waals surface area contributed by atoms with Gasteiger partial charge in [-0.15, -0.1) is 0 Å². The first-order valence-corrected chi connectivity index (χ1v) is 11.6. The average molecular weight is 437 g/mol. The lowest BCUT2D eigenvalue weighted by Gasteiger charge is -2.10. The van der Waals surface area contributed by atoms with Gasteiger partial charge in [0.05, 0.1) is 41.9 Å². The maximum absolute atomic E-state index is 12.8. The van der Waals surface area contributed by atoms with E-state index in [0.717, 1.165) is 5.56 Å². The molecule has 0 aliphatic carbocycles. The van der Waals surface area contributed by atoms with Gasteiger partial charge in [0.15, 0.2) is 21.2 Å². The molecule has 1 aliphatic rings. The van der Waals surface area contributed by atoms with Crippen molar-refractivity contribution >= 4 is 26.8 Å². The number of furan rings is 1. The van der Waals surface area contributed by atoms with Crippen molar-refractivity contribution in [3.8, 4) is 22.7 Å². The minimum absolute atomic E-state index is 0.0156. The summed E-state index contributed by atoms with van der Waals surface area (Å²) in [5.74, 6) is 0.0377. The van der Waals surface area contributed by atoms with E-state index in [1.807, 2.05) is 30.3 Å². The number of hydrogen-bond acceptors (Lipinski definition) is 7. The molecule has 0 N–H and O–H groups in total. The van der Waals surface area contributed by atoms with E-state index in [-0.39, 0.29) is 17.5 Å². The molecule has 1 atom stereocenters. The van der Waals surface area contributed by atoms with Gasteiger partial charge < -0.3 is 9.15 Å². The summed E-state index contributed by atoms with van der Waals surface area (Å²) in [7, 11) is -1.83. The van der Waals surface area contributed by atoms with E-state index in [1.165, 1.54) is 13.4 Å². The monoisotopic (exact) mass is 437 g/mol. The summed E-state index contributed by atoms with van der Waals surface area (Å²) in [6.45, 7) is 0. The number of benzene rings is 1. The van der Waals surface area contributed by atoms with Gasteiger partial charge in [0, 0.05) is 5.56 Å². The molecule has 4 heterocycles. The first-order valence-electron chi connectivity index (χ1n) is 9.78. The number of methoxy groups -OCH3 is 1. The Bertz CT molecular complexity index is 1380. The number of hydrogen-bond donors (Lipinski definition) is 0. The predicted octanol–water partition coefficient (Wildman–Crippen LogP) is 3.50. The Hall–Kier alpha value is -3.46. The van der Waals surface area contributed by atoms with Crippen LogP contribution in [0.1, 0.15) is 22.8 Å². The molecule has 1 saturated heterocycles. The van der Waals surface area contributed by atoms with Gasteiger partial charge in [0.25, 0.3) is 0 Å². The minimum atomic E-state index is -3.15. The zero-order valence-corrected chi connectivity index (χ0v) is 17.5. The second kappa shape index (κ2) is 7.35. The number of sulfone groups is 1. The number of ether oxygens (including phenoxy) is 1. The molecule has 158 valence electrons. The number of fused-ring (bicyclic) bond motifs is 1. The van der Waals surface area contributed by atoms with Crippen LogP contribution in [-0.2, 0) is 14.6 Å². The van der Waals surface area contributed by atoms with Crippen LogP contribution >= 0.6 is 0 Å². The van der Waals surface area contributed by atoms with Crippen LogP contribution in [0.3, 0.4) is 0 Å². The maximum atomic E-state index is 12.8. The van der Waals surface area contributed by atoms with Crippen molar-refractivity contribution in [2.24, 2.45) is 0 Å². The van der Waals surface area contributed by atoms with Crippen molar-refractivity contribution in [2.45, 2.75) is 12.5 Å².